The number of benzene rings is 1. The summed E-state index contributed by atoms with van der Waals surface area (Å²) in [6, 6.07) is 5.44. The van der Waals surface area contributed by atoms with E-state index in [0.717, 1.165) is 11.4 Å². The number of ether oxygens (including phenoxy) is 1. The summed E-state index contributed by atoms with van der Waals surface area (Å²) in [7, 11) is 1.61. The third kappa shape index (κ3) is 2.22. The highest BCUT2D eigenvalue weighted by molar-refractivity contribution is 5.67. The normalized spacial score (nSPS) is 10.8. The molecular weight excluding hydrogens is 216 g/mol. The predicted molar refractivity (Wildman–Crippen MR) is 66.9 cm³/mol. The molecule has 0 fully saturated rings. The molecule has 0 atom stereocenters. The van der Waals surface area contributed by atoms with E-state index in [1.807, 2.05) is 12.1 Å². The van der Waals surface area contributed by atoms with Crippen LogP contribution in [0.3, 0.4) is 0 Å². The van der Waals surface area contributed by atoms with Gasteiger partial charge in [0.1, 0.15) is 11.6 Å². The molecule has 0 aliphatic rings. The second kappa shape index (κ2) is 4.45. The highest BCUT2D eigenvalue weighted by Gasteiger charge is 2.12. The first-order valence-electron chi connectivity index (χ1n) is 5.48. The Kier molecular flexibility index (Phi) is 2.99. The molecule has 0 bridgehead atoms. The van der Waals surface area contributed by atoms with Gasteiger partial charge in [-0.25, -0.2) is 4.98 Å². The minimum atomic E-state index is 0.316. The monoisotopic (exact) mass is 232 g/mol. The Morgan fingerprint density at radius 1 is 1.35 bits per heavy atom. The SMILES string of the molecule is COc1cc(N)ccc1-c1n[nH]c(C(C)C)n1. The van der Waals surface area contributed by atoms with E-state index in [-0.39, 0.29) is 0 Å². The van der Waals surface area contributed by atoms with E-state index >= 15 is 0 Å². The van der Waals surface area contributed by atoms with Gasteiger partial charge in [0.25, 0.3) is 0 Å². The lowest BCUT2D eigenvalue weighted by molar-refractivity contribution is 0.416. The van der Waals surface area contributed by atoms with E-state index in [4.69, 9.17) is 10.5 Å². The molecular formula is C12H16N4O. The van der Waals surface area contributed by atoms with Crippen molar-refractivity contribution in [2.75, 3.05) is 12.8 Å². The van der Waals surface area contributed by atoms with Crippen molar-refractivity contribution in [1.82, 2.24) is 15.2 Å². The fourth-order valence-electron chi connectivity index (χ4n) is 1.55. The molecule has 0 saturated heterocycles. The van der Waals surface area contributed by atoms with Crippen LogP contribution in [0.15, 0.2) is 18.2 Å². The molecule has 1 aromatic heterocycles. The van der Waals surface area contributed by atoms with Crippen molar-refractivity contribution in [3.05, 3.63) is 24.0 Å². The number of nitrogen functional groups attached to an aromatic ring is 1. The Hall–Kier alpha value is -2.04. The third-order valence-corrected chi connectivity index (χ3v) is 2.52. The lowest BCUT2D eigenvalue weighted by Crippen LogP contribution is -1.93. The molecule has 0 aliphatic carbocycles. The number of hydrogen-bond acceptors (Lipinski definition) is 4. The number of nitrogens with zero attached hydrogens (tertiary/aromatic N) is 2. The van der Waals surface area contributed by atoms with Crippen molar-refractivity contribution in [3.8, 4) is 17.1 Å². The van der Waals surface area contributed by atoms with Crippen LogP contribution in [0.5, 0.6) is 5.75 Å². The molecule has 3 N–H and O–H groups in total. The van der Waals surface area contributed by atoms with Crippen LogP contribution < -0.4 is 10.5 Å². The molecule has 1 heterocycles. The zero-order chi connectivity index (χ0) is 12.4. The molecule has 1 aromatic carbocycles. The lowest BCUT2D eigenvalue weighted by Gasteiger charge is -2.05. The highest BCUT2D eigenvalue weighted by Crippen LogP contribution is 2.29. The second-order valence-corrected chi connectivity index (χ2v) is 4.16. The molecule has 5 heteroatoms. The smallest absolute Gasteiger partial charge is 0.184 e. The van der Waals surface area contributed by atoms with E-state index in [0.29, 0.717) is 23.2 Å². The van der Waals surface area contributed by atoms with Crippen LogP contribution in [0.25, 0.3) is 11.4 Å². The van der Waals surface area contributed by atoms with Crippen molar-refractivity contribution in [2.24, 2.45) is 0 Å². The molecule has 0 amide bonds. The second-order valence-electron chi connectivity index (χ2n) is 4.16. The van der Waals surface area contributed by atoms with Gasteiger partial charge in [0.05, 0.1) is 12.7 Å². The first kappa shape index (κ1) is 11.4. The van der Waals surface area contributed by atoms with Crippen LogP contribution in [0.4, 0.5) is 5.69 Å². The van der Waals surface area contributed by atoms with Crippen molar-refractivity contribution >= 4 is 5.69 Å². The summed E-state index contributed by atoms with van der Waals surface area (Å²) >= 11 is 0. The van der Waals surface area contributed by atoms with Crippen molar-refractivity contribution in [1.29, 1.82) is 0 Å². The Bertz CT molecular complexity index is 519. The van der Waals surface area contributed by atoms with E-state index in [9.17, 15) is 0 Å². The zero-order valence-corrected chi connectivity index (χ0v) is 10.2. The number of nitrogens with one attached hydrogen (secondary N) is 1. The van der Waals surface area contributed by atoms with Gasteiger partial charge in [0.15, 0.2) is 5.82 Å². The number of aromatic amines is 1. The molecule has 2 aromatic rings. The molecule has 0 spiro atoms. The van der Waals surface area contributed by atoms with E-state index in [2.05, 4.69) is 29.0 Å². The fraction of sp³-hybridized carbons (Fsp3) is 0.333. The maximum atomic E-state index is 5.71. The summed E-state index contributed by atoms with van der Waals surface area (Å²) < 4.78 is 5.28. The van der Waals surface area contributed by atoms with Gasteiger partial charge in [-0.15, -0.1) is 0 Å². The molecule has 0 unspecified atom stereocenters. The average molecular weight is 232 g/mol. The van der Waals surface area contributed by atoms with Gasteiger partial charge in [-0.3, -0.25) is 5.10 Å². The molecule has 17 heavy (non-hydrogen) atoms. The Labute approximate surface area is 100 Å². The van der Waals surface area contributed by atoms with Crippen LogP contribution in [0.1, 0.15) is 25.6 Å². The molecule has 2 rings (SSSR count). The van der Waals surface area contributed by atoms with Crippen molar-refractivity contribution in [2.45, 2.75) is 19.8 Å². The first-order valence-corrected chi connectivity index (χ1v) is 5.48. The summed E-state index contributed by atoms with van der Waals surface area (Å²) in [4.78, 5) is 4.43. The largest absolute Gasteiger partial charge is 0.496 e. The maximum absolute atomic E-state index is 5.71. The number of aromatic nitrogens is 3. The van der Waals surface area contributed by atoms with E-state index in [1.54, 1.807) is 13.2 Å². The number of nitrogens with two attached hydrogens (primary N) is 1. The third-order valence-electron chi connectivity index (χ3n) is 2.52. The van der Waals surface area contributed by atoms with Crippen LogP contribution in [0.2, 0.25) is 0 Å². The average Bonchev–Trinajstić information content (AvgIpc) is 2.78. The number of hydrogen-bond donors (Lipinski definition) is 2. The Morgan fingerprint density at radius 2 is 2.12 bits per heavy atom. The summed E-state index contributed by atoms with van der Waals surface area (Å²) in [5, 5.41) is 7.11. The Morgan fingerprint density at radius 3 is 2.71 bits per heavy atom. The van der Waals surface area contributed by atoms with Gasteiger partial charge in [0, 0.05) is 17.7 Å². The molecule has 0 saturated carbocycles. The van der Waals surface area contributed by atoms with Crippen molar-refractivity contribution in [3.63, 3.8) is 0 Å². The van der Waals surface area contributed by atoms with Gasteiger partial charge in [-0.05, 0) is 12.1 Å². The van der Waals surface area contributed by atoms with E-state index in [1.165, 1.54) is 0 Å². The van der Waals surface area contributed by atoms with Gasteiger partial charge in [0.2, 0.25) is 0 Å². The van der Waals surface area contributed by atoms with Crippen molar-refractivity contribution < 1.29 is 4.74 Å². The topological polar surface area (TPSA) is 76.8 Å². The van der Waals surface area contributed by atoms with Crippen LogP contribution in [0, 0.1) is 0 Å². The number of rotatable bonds is 3. The molecule has 0 aliphatic heterocycles. The highest BCUT2D eigenvalue weighted by atomic mass is 16.5. The van der Waals surface area contributed by atoms with Crippen LogP contribution >= 0.6 is 0 Å². The van der Waals surface area contributed by atoms with Crippen LogP contribution in [-0.4, -0.2) is 22.3 Å². The summed E-state index contributed by atoms with van der Waals surface area (Å²) in [6.45, 7) is 4.12. The fourth-order valence-corrected chi connectivity index (χ4v) is 1.55. The summed E-state index contributed by atoms with van der Waals surface area (Å²) in [5.41, 5.74) is 7.20. The standard InChI is InChI=1S/C12H16N4O/c1-7(2)11-14-12(16-15-11)9-5-4-8(13)6-10(9)17-3/h4-7H,13H2,1-3H3,(H,14,15,16). The Balaban J connectivity index is 2.44. The summed E-state index contributed by atoms with van der Waals surface area (Å²) in [6.07, 6.45) is 0. The summed E-state index contributed by atoms with van der Waals surface area (Å²) in [5.74, 6) is 2.49. The molecule has 5 nitrogen and oxygen atoms in total. The van der Waals surface area contributed by atoms with Gasteiger partial charge in [-0.1, -0.05) is 13.8 Å². The zero-order valence-electron chi connectivity index (χ0n) is 10.2. The first-order chi connectivity index (χ1) is 8.11. The minimum Gasteiger partial charge on any atom is -0.496 e. The number of H-pyrrole nitrogens is 1. The van der Waals surface area contributed by atoms with E-state index < -0.39 is 0 Å². The molecule has 90 valence electrons. The van der Waals surface area contributed by atoms with Gasteiger partial charge < -0.3 is 10.5 Å². The lowest BCUT2D eigenvalue weighted by atomic mass is 10.1. The van der Waals surface area contributed by atoms with Gasteiger partial charge >= 0.3 is 0 Å². The molecule has 0 radical (unpaired) electrons. The maximum Gasteiger partial charge on any atom is 0.184 e. The number of anilines is 1. The minimum absolute atomic E-state index is 0.316. The number of methoxy groups -OCH3 is 1. The van der Waals surface area contributed by atoms with Crippen LogP contribution in [-0.2, 0) is 0 Å². The van der Waals surface area contributed by atoms with Gasteiger partial charge in [-0.2, -0.15) is 5.10 Å². The quantitative estimate of drug-likeness (QED) is 0.795. The predicted octanol–water partition coefficient (Wildman–Crippen LogP) is 2.19.